The van der Waals surface area contributed by atoms with Crippen molar-refractivity contribution in [1.82, 2.24) is 15.1 Å². The lowest BCUT2D eigenvalue weighted by Crippen LogP contribution is -2.34. The molecule has 130 valence electrons. The molecule has 0 radical (unpaired) electrons. The van der Waals surface area contributed by atoms with Crippen LogP contribution in [0, 0.1) is 6.92 Å². The first-order valence-corrected chi connectivity index (χ1v) is 7.89. The first-order chi connectivity index (χ1) is 12.2. The highest BCUT2D eigenvalue weighted by Gasteiger charge is 2.18. The number of aromatic nitrogens is 2. The molecule has 0 aliphatic carbocycles. The van der Waals surface area contributed by atoms with Crippen LogP contribution in [0.4, 0.5) is 10.5 Å². The molecular formula is C18H20N4O3. The Hall–Kier alpha value is -3.06. The number of ether oxygens (including phenoxy) is 1. The Balaban J connectivity index is 1.75. The first kappa shape index (κ1) is 16.8. The monoisotopic (exact) mass is 340 g/mol. The van der Waals surface area contributed by atoms with Crippen LogP contribution in [0.2, 0.25) is 0 Å². The third-order valence-corrected chi connectivity index (χ3v) is 3.65. The quantitative estimate of drug-likeness (QED) is 0.721. The molecule has 3 rings (SSSR count). The fourth-order valence-electron chi connectivity index (χ4n) is 2.50. The summed E-state index contributed by atoms with van der Waals surface area (Å²) in [6.07, 6.45) is 3.41. The maximum absolute atomic E-state index is 12.4. The number of benzene rings is 1. The highest BCUT2D eigenvalue weighted by atomic mass is 16.5. The summed E-state index contributed by atoms with van der Waals surface area (Å²) in [7, 11) is 1.57. The van der Waals surface area contributed by atoms with Gasteiger partial charge in [-0.2, -0.15) is 5.10 Å². The zero-order valence-corrected chi connectivity index (χ0v) is 14.1. The number of rotatable bonds is 6. The third-order valence-electron chi connectivity index (χ3n) is 3.65. The number of amides is 2. The van der Waals surface area contributed by atoms with Gasteiger partial charge >= 0.3 is 6.03 Å². The summed E-state index contributed by atoms with van der Waals surface area (Å²) in [5.41, 5.74) is 2.34. The molecule has 0 saturated carbocycles. The summed E-state index contributed by atoms with van der Waals surface area (Å²) in [5, 5.41) is 10.1. The molecule has 2 amide bonds. The van der Waals surface area contributed by atoms with Crippen molar-refractivity contribution in [2.75, 3.05) is 19.0 Å². The Labute approximate surface area is 145 Å². The standard InChI is InChI=1S/C18H20N4O3/c1-13-9-10-22(21-13)16-7-4-3-6-14(16)19-18(23)20-15(12-24-2)17-8-5-11-25-17/h3-11,15H,12H2,1-2H3,(H2,19,20,23)/t15-/m1/s1. The summed E-state index contributed by atoms with van der Waals surface area (Å²) in [5.74, 6) is 0.632. The number of furan rings is 1. The minimum absolute atomic E-state index is 0.306. The molecule has 3 aromatic rings. The SMILES string of the molecule is COC[C@@H](NC(=O)Nc1ccccc1-n1ccc(C)n1)c1ccco1. The maximum atomic E-state index is 12.4. The van der Waals surface area contributed by atoms with Gasteiger partial charge in [0.25, 0.3) is 0 Å². The van der Waals surface area contributed by atoms with Crippen molar-refractivity contribution in [3.63, 3.8) is 0 Å². The first-order valence-electron chi connectivity index (χ1n) is 7.89. The number of methoxy groups -OCH3 is 1. The Kier molecular flexibility index (Phi) is 5.15. The molecule has 7 heteroatoms. The molecule has 0 saturated heterocycles. The van der Waals surface area contributed by atoms with Gasteiger partial charge in [0.05, 0.1) is 29.9 Å². The van der Waals surface area contributed by atoms with E-state index in [1.165, 1.54) is 0 Å². The van der Waals surface area contributed by atoms with E-state index in [9.17, 15) is 4.79 Å². The largest absolute Gasteiger partial charge is 0.467 e. The average molecular weight is 340 g/mol. The summed E-state index contributed by atoms with van der Waals surface area (Å²) in [6, 6.07) is 12.2. The molecule has 1 aromatic carbocycles. The number of carbonyl (C=O) groups is 1. The number of hydrogen-bond donors (Lipinski definition) is 2. The van der Waals surface area contributed by atoms with Crippen LogP contribution >= 0.6 is 0 Å². The average Bonchev–Trinajstić information content (AvgIpc) is 3.26. The fraction of sp³-hybridized carbons (Fsp3) is 0.222. The van der Waals surface area contributed by atoms with Gasteiger partial charge in [-0.15, -0.1) is 0 Å². The minimum atomic E-state index is -0.376. The van der Waals surface area contributed by atoms with E-state index in [0.29, 0.717) is 18.1 Å². The van der Waals surface area contributed by atoms with Gasteiger partial charge in [0.1, 0.15) is 11.8 Å². The summed E-state index contributed by atoms with van der Waals surface area (Å²) >= 11 is 0. The van der Waals surface area contributed by atoms with Crippen molar-refractivity contribution >= 4 is 11.7 Å². The van der Waals surface area contributed by atoms with E-state index in [1.54, 1.807) is 30.2 Å². The van der Waals surface area contributed by atoms with Crippen LogP contribution in [0.15, 0.2) is 59.3 Å². The van der Waals surface area contributed by atoms with Crippen LogP contribution in [0.1, 0.15) is 17.5 Å². The van der Waals surface area contributed by atoms with Gasteiger partial charge in [0.2, 0.25) is 0 Å². The lowest BCUT2D eigenvalue weighted by molar-refractivity contribution is 0.159. The van der Waals surface area contributed by atoms with E-state index in [0.717, 1.165) is 11.4 Å². The second kappa shape index (κ2) is 7.67. The summed E-state index contributed by atoms with van der Waals surface area (Å²) < 4.78 is 12.2. The van der Waals surface area contributed by atoms with Crippen molar-refractivity contribution in [3.05, 3.63) is 66.4 Å². The van der Waals surface area contributed by atoms with Crippen molar-refractivity contribution in [1.29, 1.82) is 0 Å². The predicted octanol–water partition coefficient (Wildman–Crippen LogP) is 3.28. The maximum Gasteiger partial charge on any atom is 0.319 e. The molecule has 0 unspecified atom stereocenters. The third kappa shape index (κ3) is 4.07. The molecule has 25 heavy (non-hydrogen) atoms. The number of carbonyl (C=O) groups excluding carboxylic acids is 1. The van der Waals surface area contributed by atoms with Crippen LogP contribution in [-0.4, -0.2) is 29.5 Å². The number of urea groups is 1. The number of anilines is 1. The Morgan fingerprint density at radius 3 is 2.80 bits per heavy atom. The number of aryl methyl sites for hydroxylation is 1. The predicted molar refractivity (Wildman–Crippen MR) is 93.8 cm³/mol. The molecule has 0 aliphatic heterocycles. The topological polar surface area (TPSA) is 81.3 Å². The summed E-state index contributed by atoms with van der Waals surface area (Å²) in [6.45, 7) is 2.22. The van der Waals surface area contributed by atoms with Gasteiger partial charge in [0.15, 0.2) is 0 Å². The zero-order chi connectivity index (χ0) is 17.6. The molecule has 7 nitrogen and oxygen atoms in total. The Bertz CT molecular complexity index is 826. The number of hydrogen-bond acceptors (Lipinski definition) is 4. The van der Waals surface area contributed by atoms with Crippen molar-refractivity contribution in [2.24, 2.45) is 0 Å². The molecule has 0 spiro atoms. The molecule has 2 aromatic heterocycles. The Morgan fingerprint density at radius 2 is 2.12 bits per heavy atom. The smallest absolute Gasteiger partial charge is 0.319 e. The van der Waals surface area contributed by atoms with Gasteiger partial charge in [-0.05, 0) is 37.3 Å². The second-order valence-electron chi connectivity index (χ2n) is 5.54. The molecule has 2 heterocycles. The molecule has 1 atom stereocenters. The molecule has 2 N–H and O–H groups in total. The molecule has 0 aliphatic rings. The lowest BCUT2D eigenvalue weighted by atomic mass is 10.2. The van der Waals surface area contributed by atoms with E-state index >= 15 is 0 Å². The van der Waals surface area contributed by atoms with E-state index in [2.05, 4.69) is 15.7 Å². The van der Waals surface area contributed by atoms with Gasteiger partial charge in [-0.25, -0.2) is 9.48 Å². The highest BCUT2D eigenvalue weighted by molar-refractivity contribution is 5.91. The second-order valence-corrected chi connectivity index (χ2v) is 5.54. The molecule has 0 bridgehead atoms. The van der Waals surface area contributed by atoms with E-state index in [1.807, 2.05) is 43.5 Å². The van der Waals surface area contributed by atoms with Crippen molar-refractivity contribution < 1.29 is 13.9 Å². The van der Waals surface area contributed by atoms with Crippen LogP contribution in [0.3, 0.4) is 0 Å². The van der Waals surface area contributed by atoms with Gasteiger partial charge in [0, 0.05) is 13.3 Å². The fourth-order valence-corrected chi connectivity index (χ4v) is 2.50. The van der Waals surface area contributed by atoms with Gasteiger partial charge < -0.3 is 19.8 Å². The highest BCUT2D eigenvalue weighted by Crippen LogP contribution is 2.20. The number of para-hydroxylation sites is 2. The van der Waals surface area contributed by atoms with Crippen LogP contribution in [0.25, 0.3) is 5.69 Å². The number of nitrogens with one attached hydrogen (secondary N) is 2. The van der Waals surface area contributed by atoms with Crippen LogP contribution < -0.4 is 10.6 Å². The van der Waals surface area contributed by atoms with Crippen LogP contribution in [0.5, 0.6) is 0 Å². The minimum Gasteiger partial charge on any atom is -0.467 e. The van der Waals surface area contributed by atoms with E-state index in [4.69, 9.17) is 9.15 Å². The van der Waals surface area contributed by atoms with Crippen LogP contribution in [-0.2, 0) is 4.74 Å². The molecular weight excluding hydrogens is 320 g/mol. The zero-order valence-electron chi connectivity index (χ0n) is 14.1. The van der Waals surface area contributed by atoms with Gasteiger partial charge in [-0.3, -0.25) is 0 Å². The summed E-state index contributed by atoms with van der Waals surface area (Å²) in [4.78, 5) is 12.4. The van der Waals surface area contributed by atoms with E-state index in [-0.39, 0.29) is 12.1 Å². The Morgan fingerprint density at radius 1 is 1.28 bits per heavy atom. The number of nitrogens with zero attached hydrogens (tertiary/aromatic N) is 2. The van der Waals surface area contributed by atoms with Crippen molar-refractivity contribution in [2.45, 2.75) is 13.0 Å². The van der Waals surface area contributed by atoms with E-state index < -0.39 is 0 Å². The van der Waals surface area contributed by atoms with Crippen molar-refractivity contribution in [3.8, 4) is 5.69 Å². The normalized spacial score (nSPS) is 11.9. The lowest BCUT2D eigenvalue weighted by Gasteiger charge is -2.17. The van der Waals surface area contributed by atoms with Gasteiger partial charge in [-0.1, -0.05) is 12.1 Å². The molecule has 0 fully saturated rings.